The van der Waals surface area contributed by atoms with Gasteiger partial charge < -0.3 is 14.7 Å². The Labute approximate surface area is 138 Å². The van der Waals surface area contributed by atoms with Gasteiger partial charge in [0.25, 0.3) is 0 Å². The molecule has 0 bridgehead atoms. The Balaban J connectivity index is 1.67. The molecule has 0 unspecified atom stereocenters. The fraction of sp³-hybridized carbons (Fsp3) is 0.444. The molecule has 0 N–H and O–H groups in total. The van der Waals surface area contributed by atoms with Crippen molar-refractivity contribution in [3.05, 3.63) is 42.6 Å². The molecule has 1 aliphatic heterocycles. The Morgan fingerprint density at radius 1 is 0.913 bits per heavy atom. The van der Waals surface area contributed by atoms with Crippen molar-refractivity contribution in [3.8, 4) is 0 Å². The summed E-state index contributed by atoms with van der Waals surface area (Å²) in [6.07, 6.45) is 1.87. The van der Waals surface area contributed by atoms with E-state index in [9.17, 15) is 0 Å². The van der Waals surface area contributed by atoms with Crippen molar-refractivity contribution in [2.75, 3.05) is 54.0 Å². The van der Waals surface area contributed by atoms with Crippen LogP contribution in [-0.2, 0) is 0 Å². The molecule has 3 rings (SSSR count). The van der Waals surface area contributed by atoms with Crippen molar-refractivity contribution >= 4 is 17.5 Å². The molecule has 1 aliphatic rings. The van der Waals surface area contributed by atoms with Gasteiger partial charge in [0.05, 0.1) is 0 Å². The number of benzene rings is 1. The average molecular weight is 311 g/mol. The third kappa shape index (κ3) is 3.55. The molecule has 0 amide bonds. The van der Waals surface area contributed by atoms with E-state index in [0.717, 1.165) is 51.0 Å². The number of rotatable bonds is 5. The number of hydrogen-bond acceptors (Lipinski definition) is 5. The number of aromatic nitrogens is 2. The van der Waals surface area contributed by atoms with E-state index in [4.69, 9.17) is 4.98 Å². The topological polar surface area (TPSA) is 35.5 Å². The zero-order valence-corrected chi connectivity index (χ0v) is 14.0. The number of para-hydroxylation sites is 1. The van der Waals surface area contributed by atoms with Crippen LogP contribution in [0.4, 0.5) is 17.5 Å². The third-order valence-corrected chi connectivity index (χ3v) is 4.40. The van der Waals surface area contributed by atoms with Crippen LogP contribution in [-0.4, -0.2) is 49.2 Å². The van der Waals surface area contributed by atoms with Crippen LogP contribution in [0.2, 0.25) is 0 Å². The summed E-state index contributed by atoms with van der Waals surface area (Å²) in [6, 6.07) is 12.6. The first-order chi connectivity index (χ1) is 11.3. The lowest BCUT2D eigenvalue weighted by molar-refractivity contribution is 0.639. The molecule has 2 heterocycles. The van der Waals surface area contributed by atoms with Gasteiger partial charge in [0, 0.05) is 51.2 Å². The summed E-state index contributed by atoms with van der Waals surface area (Å²) in [5.41, 5.74) is 1.30. The smallest absolute Gasteiger partial charge is 0.227 e. The van der Waals surface area contributed by atoms with E-state index in [0.29, 0.717) is 0 Å². The summed E-state index contributed by atoms with van der Waals surface area (Å²) in [7, 11) is 0. The molecule has 0 aliphatic carbocycles. The largest absolute Gasteiger partial charge is 0.368 e. The quantitative estimate of drug-likeness (QED) is 0.848. The molecule has 23 heavy (non-hydrogen) atoms. The highest BCUT2D eigenvalue weighted by atomic mass is 15.3. The van der Waals surface area contributed by atoms with E-state index in [1.54, 1.807) is 0 Å². The van der Waals surface area contributed by atoms with E-state index in [-0.39, 0.29) is 0 Å². The van der Waals surface area contributed by atoms with E-state index >= 15 is 0 Å². The molecule has 1 aromatic heterocycles. The van der Waals surface area contributed by atoms with Crippen molar-refractivity contribution < 1.29 is 0 Å². The van der Waals surface area contributed by atoms with Crippen LogP contribution in [0, 0.1) is 0 Å². The van der Waals surface area contributed by atoms with Crippen molar-refractivity contribution in [2.24, 2.45) is 0 Å². The minimum atomic E-state index is 0.849. The lowest BCUT2D eigenvalue weighted by Crippen LogP contribution is -2.47. The van der Waals surface area contributed by atoms with Gasteiger partial charge in [0.15, 0.2) is 0 Å². The molecular weight excluding hydrogens is 286 g/mol. The van der Waals surface area contributed by atoms with Crippen molar-refractivity contribution in [2.45, 2.75) is 13.8 Å². The molecule has 0 saturated carbocycles. The van der Waals surface area contributed by atoms with Gasteiger partial charge in [0.2, 0.25) is 5.95 Å². The van der Waals surface area contributed by atoms with E-state index in [1.165, 1.54) is 5.69 Å². The average Bonchev–Trinajstić information content (AvgIpc) is 2.64. The molecular formula is C18H25N5. The maximum atomic E-state index is 4.76. The fourth-order valence-electron chi connectivity index (χ4n) is 3.02. The molecule has 1 saturated heterocycles. The summed E-state index contributed by atoms with van der Waals surface area (Å²) in [6.45, 7) is 10.2. The summed E-state index contributed by atoms with van der Waals surface area (Å²) >= 11 is 0. The van der Waals surface area contributed by atoms with Crippen molar-refractivity contribution in [1.82, 2.24) is 9.97 Å². The van der Waals surface area contributed by atoms with E-state index < -0.39 is 0 Å². The van der Waals surface area contributed by atoms with Crippen molar-refractivity contribution in [3.63, 3.8) is 0 Å². The first-order valence-electron chi connectivity index (χ1n) is 8.44. The highest BCUT2D eigenvalue weighted by Crippen LogP contribution is 2.19. The molecule has 0 radical (unpaired) electrons. The molecule has 5 nitrogen and oxygen atoms in total. The SMILES string of the molecule is CCN(CC)c1ccnc(N2CCN(c3ccccc3)CC2)n1. The molecule has 2 aromatic rings. The summed E-state index contributed by atoms with van der Waals surface area (Å²) < 4.78 is 0. The van der Waals surface area contributed by atoms with Crippen LogP contribution in [0.25, 0.3) is 0 Å². The number of hydrogen-bond donors (Lipinski definition) is 0. The summed E-state index contributed by atoms with van der Waals surface area (Å²) in [5, 5.41) is 0. The highest BCUT2D eigenvalue weighted by molar-refractivity contribution is 5.49. The van der Waals surface area contributed by atoms with Gasteiger partial charge >= 0.3 is 0 Å². The second-order valence-corrected chi connectivity index (χ2v) is 5.70. The molecule has 1 fully saturated rings. The van der Waals surface area contributed by atoms with Crippen LogP contribution in [0.15, 0.2) is 42.6 Å². The van der Waals surface area contributed by atoms with Gasteiger partial charge in [-0.25, -0.2) is 4.98 Å². The minimum absolute atomic E-state index is 0.849. The maximum Gasteiger partial charge on any atom is 0.227 e. The van der Waals surface area contributed by atoms with Gasteiger partial charge in [0.1, 0.15) is 5.82 Å². The lowest BCUT2D eigenvalue weighted by Gasteiger charge is -2.36. The van der Waals surface area contributed by atoms with Crippen LogP contribution in [0.1, 0.15) is 13.8 Å². The molecule has 1 aromatic carbocycles. The van der Waals surface area contributed by atoms with Crippen LogP contribution in [0.3, 0.4) is 0 Å². The Morgan fingerprint density at radius 2 is 1.57 bits per heavy atom. The Hall–Kier alpha value is -2.30. The normalized spacial score (nSPS) is 14.9. The Kier molecular flexibility index (Phi) is 4.95. The summed E-state index contributed by atoms with van der Waals surface area (Å²) in [4.78, 5) is 16.2. The molecule has 0 spiro atoms. The first-order valence-corrected chi connectivity index (χ1v) is 8.44. The van der Waals surface area contributed by atoms with Gasteiger partial charge in [-0.05, 0) is 32.0 Å². The second kappa shape index (κ2) is 7.31. The highest BCUT2D eigenvalue weighted by Gasteiger charge is 2.19. The van der Waals surface area contributed by atoms with Gasteiger partial charge in [-0.15, -0.1) is 0 Å². The van der Waals surface area contributed by atoms with Crippen LogP contribution < -0.4 is 14.7 Å². The monoisotopic (exact) mass is 311 g/mol. The Morgan fingerprint density at radius 3 is 2.22 bits per heavy atom. The van der Waals surface area contributed by atoms with E-state index in [1.807, 2.05) is 12.3 Å². The Bertz CT molecular complexity index is 604. The number of anilines is 3. The van der Waals surface area contributed by atoms with Gasteiger partial charge in [-0.3, -0.25) is 0 Å². The van der Waals surface area contributed by atoms with Gasteiger partial charge in [-0.1, -0.05) is 18.2 Å². The molecule has 5 heteroatoms. The second-order valence-electron chi connectivity index (χ2n) is 5.70. The number of piperazine rings is 1. The third-order valence-electron chi connectivity index (χ3n) is 4.40. The molecule has 0 atom stereocenters. The predicted molar refractivity (Wildman–Crippen MR) is 96.5 cm³/mol. The lowest BCUT2D eigenvalue weighted by atomic mass is 10.2. The minimum Gasteiger partial charge on any atom is -0.368 e. The van der Waals surface area contributed by atoms with Gasteiger partial charge in [-0.2, -0.15) is 4.98 Å². The summed E-state index contributed by atoms with van der Waals surface area (Å²) in [5.74, 6) is 1.87. The molecule has 122 valence electrons. The predicted octanol–water partition coefficient (Wildman–Crippen LogP) is 2.65. The van der Waals surface area contributed by atoms with Crippen LogP contribution >= 0.6 is 0 Å². The number of nitrogens with zero attached hydrogens (tertiary/aromatic N) is 5. The fourth-order valence-corrected chi connectivity index (χ4v) is 3.02. The zero-order valence-electron chi connectivity index (χ0n) is 14.0. The first kappa shape index (κ1) is 15.6. The maximum absolute atomic E-state index is 4.76. The standard InChI is InChI=1S/C18H25N5/c1-3-21(4-2)17-10-11-19-18(20-17)23-14-12-22(13-15-23)16-8-6-5-7-9-16/h5-11H,3-4,12-15H2,1-2H3. The van der Waals surface area contributed by atoms with E-state index in [2.05, 4.69) is 63.9 Å². The zero-order chi connectivity index (χ0) is 16.1. The van der Waals surface area contributed by atoms with Crippen LogP contribution in [0.5, 0.6) is 0 Å². The van der Waals surface area contributed by atoms with Crippen molar-refractivity contribution in [1.29, 1.82) is 0 Å².